The highest BCUT2D eigenvalue weighted by Crippen LogP contribution is 2.30. The minimum absolute atomic E-state index is 0.00125. The van der Waals surface area contributed by atoms with E-state index in [1.165, 1.54) is 24.8 Å². The fourth-order valence-electron chi connectivity index (χ4n) is 8.08. The van der Waals surface area contributed by atoms with Crippen molar-refractivity contribution in [2.45, 2.75) is 77.8 Å². The van der Waals surface area contributed by atoms with Gasteiger partial charge in [-0.3, -0.25) is 4.98 Å². The number of hydrogen-bond acceptors (Lipinski definition) is 18. The van der Waals surface area contributed by atoms with E-state index in [2.05, 4.69) is 110 Å². The largest absolute Gasteiger partial charge is 0.619 e. The van der Waals surface area contributed by atoms with Gasteiger partial charge in [-0.2, -0.15) is 38.3 Å². The molecule has 10 rings (SSSR count). The van der Waals surface area contributed by atoms with Crippen LogP contribution in [0.2, 0.25) is 0 Å². The van der Waals surface area contributed by atoms with Gasteiger partial charge in [-0.05, 0) is 104 Å². The monoisotopic (exact) mass is 1230 g/mol. The average molecular weight is 1230 g/mol. The van der Waals surface area contributed by atoms with Gasteiger partial charge in [-0.25, -0.2) is 15.0 Å². The number of aliphatic hydroxyl groups is 3. The van der Waals surface area contributed by atoms with E-state index in [1.54, 1.807) is 50.5 Å². The number of hydrogen-bond donors (Lipinski definition) is 8. The summed E-state index contributed by atoms with van der Waals surface area (Å²) in [6, 6.07) is 16.7. The lowest BCUT2D eigenvalue weighted by atomic mass is 10.1. The van der Waals surface area contributed by atoms with Gasteiger partial charge in [-0.1, -0.05) is 19.9 Å². The second-order valence-electron chi connectivity index (χ2n) is 18.8. The van der Waals surface area contributed by atoms with Gasteiger partial charge in [0.2, 0.25) is 0 Å². The van der Waals surface area contributed by atoms with E-state index in [0.717, 1.165) is 82.2 Å². The first kappa shape index (κ1) is 55.3. The first-order chi connectivity index (χ1) is 36.6. The third-order valence-electron chi connectivity index (χ3n) is 12.2. The molecule has 400 valence electrons. The van der Waals surface area contributed by atoms with Crippen LogP contribution in [-0.2, 0) is 19.6 Å². The zero-order chi connectivity index (χ0) is 53.9. The normalized spacial score (nSPS) is 13.8. The molecule has 0 aliphatic carbocycles. The maximum absolute atomic E-state index is 11.4. The molecule has 0 aromatic carbocycles. The molecule has 10 heterocycles. The number of fused-ring (bicyclic) bond motifs is 3. The number of nitrogens with one attached hydrogen (secondary N) is 5. The van der Waals surface area contributed by atoms with E-state index in [1.807, 2.05) is 76.4 Å². The Hall–Kier alpha value is -6.97. The SMILES string of the molecule is CC(C)(CO)Nc1cc(NCc2cccnc2)n2ncc(Br)c2n1.CC(C)[C@H](CO)Nc1cc(NCc2ccc[n+]([O-])c2)n2ncc(Br)c2n1.[O-][n+]1cccc(CNc2cc(N3CCC[C@H]3CO)nc3c(Br)cnn23)c1. The van der Waals surface area contributed by atoms with Crippen LogP contribution in [0.5, 0.6) is 0 Å². The Morgan fingerprint density at radius 1 is 0.697 bits per heavy atom. The molecule has 1 aliphatic rings. The third-order valence-corrected chi connectivity index (χ3v) is 13.8. The van der Waals surface area contributed by atoms with Crippen molar-refractivity contribution in [3.63, 3.8) is 0 Å². The predicted molar refractivity (Wildman–Crippen MR) is 301 cm³/mol. The van der Waals surface area contributed by atoms with Crippen LogP contribution in [-0.4, -0.2) is 108 Å². The number of anilines is 6. The second kappa shape index (κ2) is 25.2. The molecule has 0 radical (unpaired) electrons. The lowest BCUT2D eigenvalue weighted by Gasteiger charge is -2.25. The quantitative estimate of drug-likeness (QED) is 0.0334. The Bertz CT molecular complexity index is 3360. The van der Waals surface area contributed by atoms with Crippen molar-refractivity contribution in [2.24, 2.45) is 5.92 Å². The van der Waals surface area contributed by atoms with Crippen molar-refractivity contribution >= 4 is 99.6 Å². The summed E-state index contributed by atoms with van der Waals surface area (Å²) in [5, 5.41) is 81.0. The van der Waals surface area contributed by atoms with Crippen molar-refractivity contribution in [1.82, 2.24) is 48.8 Å². The highest BCUT2D eigenvalue weighted by molar-refractivity contribution is 9.11. The van der Waals surface area contributed by atoms with E-state index in [9.17, 15) is 25.7 Å². The number of aromatic nitrogens is 12. The molecule has 0 bridgehead atoms. The summed E-state index contributed by atoms with van der Waals surface area (Å²) < 4.78 is 9.08. The molecule has 9 aromatic rings. The van der Waals surface area contributed by atoms with Gasteiger partial charge in [-0.15, -0.1) is 0 Å². The van der Waals surface area contributed by atoms with Crippen molar-refractivity contribution in [1.29, 1.82) is 0 Å². The fourth-order valence-corrected chi connectivity index (χ4v) is 9.12. The first-order valence-corrected chi connectivity index (χ1v) is 26.7. The molecule has 76 heavy (non-hydrogen) atoms. The molecule has 26 heteroatoms. The first-order valence-electron chi connectivity index (χ1n) is 24.3. The molecule has 0 unspecified atom stereocenters. The topological polar surface area (TPSA) is 281 Å². The van der Waals surface area contributed by atoms with Crippen molar-refractivity contribution in [2.75, 3.05) is 57.8 Å². The summed E-state index contributed by atoms with van der Waals surface area (Å²) in [4.78, 5) is 20.1. The van der Waals surface area contributed by atoms with Crippen LogP contribution in [0.15, 0.2) is 124 Å². The summed E-state index contributed by atoms with van der Waals surface area (Å²) in [7, 11) is 0. The predicted octanol–water partition coefficient (Wildman–Crippen LogP) is 6.55. The minimum atomic E-state index is -0.474. The Labute approximate surface area is 463 Å². The third kappa shape index (κ3) is 13.9. The zero-order valence-electron chi connectivity index (χ0n) is 42.1. The van der Waals surface area contributed by atoms with E-state index in [4.69, 9.17) is 4.98 Å². The molecule has 8 N–H and O–H groups in total. The maximum atomic E-state index is 11.4. The summed E-state index contributed by atoms with van der Waals surface area (Å²) in [6.45, 7) is 10.5. The number of rotatable bonds is 18. The Morgan fingerprint density at radius 2 is 1.21 bits per heavy atom. The Kier molecular flexibility index (Phi) is 18.4. The number of pyridine rings is 3. The van der Waals surface area contributed by atoms with Gasteiger partial charge < -0.3 is 57.2 Å². The van der Waals surface area contributed by atoms with Crippen LogP contribution in [0, 0.1) is 16.3 Å². The maximum Gasteiger partial charge on any atom is 0.185 e. The standard InChI is InChI=1S/C17H19BrN6O2.C17H21BrN6O2.C16H19BrN6O/c18-14-9-20-24-15(19-8-12-3-1-5-22(26)10-12)7-16(21-17(14)24)23-6-2-4-13(23)11-25;1-11(2)14(10-25)21-15-6-16(24-17(22-15)13(18)8-20-24)19-7-12-4-3-5-23(26)9-12;1-16(2,10-24)22-13-6-14(19-8-11-4-3-5-18-7-11)23-15(21-13)12(17)9-20-23/h1,3,5,7,9-10,13,19,25H,2,4,6,8,11H2;3-6,8-9,11,14,19,25H,7,10H2,1-2H3,(H,21,22);3-7,9,19,24H,8,10H2,1-2H3,(H,21,22)/t13-;14-;/m00./s1. The molecular weight excluding hydrogens is 1170 g/mol. The lowest BCUT2D eigenvalue weighted by molar-refractivity contribution is -0.606. The molecule has 2 atom stereocenters. The molecule has 0 amide bonds. The van der Waals surface area contributed by atoms with Gasteiger partial charge in [0.05, 0.1) is 69.5 Å². The van der Waals surface area contributed by atoms with Gasteiger partial charge in [0, 0.05) is 80.0 Å². The number of nitrogens with zero attached hydrogens (tertiary/aromatic N) is 13. The molecule has 1 fully saturated rings. The molecule has 0 spiro atoms. The van der Waals surface area contributed by atoms with E-state index < -0.39 is 5.54 Å². The van der Waals surface area contributed by atoms with E-state index >= 15 is 0 Å². The van der Waals surface area contributed by atoms with Gasteiger partial charge in [0.25, 0.3) is 0 Å². The van der Waals surface area contributed by atoms with E-state index in [0.29, 0.717) is 48.2 Å². The van der Waals surface area contributed by atoms with Gasteiger partial charge in [0.15, 0.2) is 41.7 Å². The summed E-state index contributed by atoms with van der Waals surface area (Å²) in [5.41, 5.74) is 4.38. The molecule has 23 nitrogen and oxygen atoms in total. The van der Waals surface area contributed by atoms with Gasteiger partial charge >= 0.3 is 0 Å². The van der Waals surface area contributed by atoms with Crippen LogP contribution in [0.1, 0.15) is 57.2 Å². The summed E-state index contributed by atoms with van der Waals surface area (Å²) in [5.74, 6) is 4.66. The number of aliphatic hydroxyl groups excluding tert-OH is 3. The molecule has 1 saturated heterocycles. The highest BCUT2D eigenvalue weighted by atomic mass is 79.9. The molecule has 9 aromatic heterocycles. The smallest absolute Gasteiger partial charge is 0.185 e. The van der Waals surface area contributed by atoms with E-state index in [-0.39, 0.29) is 37.8 Å². The van der Waals surface area contributed by atoms with Crippen LogP contribution in [0.25, 0.3) is 16.9 Å². The van der Waals surface area contributed by atoms with Crippen molar-refractivity contribution in [3.8, 4) is 0 Å². The molecule has 1 aliphatic heterocycles. The highest BCUT2D eigenvalue weighted by Gasteiger charge is 2.27. The van der Waals surface area contributed by atoms with Crippen molar-refractivity contribution < 1.29 is 24.8 Å². The van der Waals surface area contributed by atoms with Crippen LogP contribution < -0.4 is 40.9 Å². The van der Waals surface area contributed by atoms with Crippen molar-refractivity contribution in [3.05, 3.63) is 151 Å². The minimum Gasteiger partial charge on any atom is -0.619 e. The fraction of sp³-hybridized carbons (Fsp3) is 0.340. The summed E-state index contributed by atoms with van der Waals surface area (Å²) in [6.07, 6.45) is 16.6. The van der Waals surface area contributed by atoms with Crippen LogP contribution in [0.3, 0.4) is 0 Å². The van der Waals surface area contributed by atoms with Gasteiger partial charge in [0.1, 0.15) is 34.9 Å². The Balaban J connectivity index is 0.000000151. The second-order valence-corrected chi connectivity index (χ2v) is 21.4. The summed E-state index contributed by atoms with van der Waals surface area (Å²) >= 11 is 10.4. The zero-order valence-corrected chi connectivity index (χ0v) is 46.9. The Morgan fingerprint density at radius 3 is 1.71 bits per heavy atom. The molecule has 0 saturated carbocycles. The lowest BCUT2D eigenvalue weighted by Crippen LogP contribution is -2.35. The molecular formula is C50H59Br3N18O5. The number of halogens is 3. The van der Waals surface area contributed by atoms with Crippen LogP contribution in [0.4, 0.5) is 34.9 Å². The van der Waals surface area contributed by atoms with Crippen LogP contribution >= 0.6 is 47.8 Å². The average Bonchev–Trinajstić information content (AvgIpc) is 4.26.